The second-order valence-electron chi connectivity index (χ2n) is 6.88. The second-order valence-corrected chi connectivity index (χ2v) is 6.88. The van der Waals surface area contributed by atoms with Crippen molar-refractivity contribution in [3.8, 4) is 11.5 Å². The first-order valence-electron chi connectivity index (χ1n) is 9.25. The summed E-state index contributed by atoms with van der Waals surface area (Å²) < 4.78 is 13.4. The largest absolute Gasteiger partial charge is 0.486 e. The van der Waals surface area contributed by atoms with Crippen molar-refractivity contribution in [2.24, 2.45) is 0 Å². The zero-order valence-corrected chi connectivity index (χ0v) is 14.7. The van der Waals surface area contributed by atoms with Crippen LogP contribution >= 0.6 is 0 Å². The Morgan fingerprint density at radius 2 is 2.00 bits per heavy atom. The van der Waals surface area contributed by atoms with Gasteiger partial charge in [0.2, 0.25) is 0 Å². The summed E-state index contributed by atoms with van der Waals surface area (Å²) in [4.78, 5) is 12.1. The van der Waals surface area contributed by atoms with E-state index in [0.29, 0.717) is 18.8 Å². The number of nitrogens with zero attached hydrogens (tertiary/aromatic N) is 2. The maximum Gasteiger partial charge on any atom is 0.319 e. The number of ether oxygens (including phenoxy) is 2. The molecule has 138 valence electrons. The molecule has 1 saturated carbocycles. The van der Waals surface area contributed by atoms with E-state index in [1.807, 2.05) is 30.5 Å². The lowest BCUT2D eigenvalue weighted by Crippen LogP contribution is -2.38. The predicted octanol–water partition coefficient (Wildman–Crippen LogP) is 3.18. The fourth-order valence-corrected chi connectivity index (χ4v) is 3.49. The van der Waals surface area contributed by atoms with Crippen LogP contribution in [0.3, 0.4) is 0 Å². The lowest BCUT2D eigenvalue weighted by atomic mass is 9.96. The van der Waals surface area contributed by atoms with Gasteiger partial charge in [0.15, 0.2) is 17.6 Å². The van der Waals surface area contributed by atoms with Gasteiger partial charge in [-0.2, -0.15) is 5.10 Å². The summed E-state index contributed by atoms with van der Waals surface area (Å²) in [5, 5.41) is 10.2. The van der Waals surface area contributed by atoms with Crippen LogP contribution in [0, 0.1) is 0 Å². The molecule has 2 amide bonds. The van der Waals surface area contributed by atoms with Gasteiger partial charge in [0.25, 0.3) is 0 Å². The number of aromatic nitrogens is 2. The number of carbonyl (C=O) groups is 1. The molecule has 1 aliphatic carbocycles. The lowest BCUT2D eigenvalue weighted by molar-refractivity contribution is 0.0759. The van der Waals surface area contributed by atoms with Crippen molar-refractivity contribution in [1.29, 1.82) is 0 Å². The van der Waals surface area contributed by atoms with Crippen LogP contribution < -0.4 is 20.1 Å². The van der Waals surface area contributed by atoms with Gasteiger partial charge in [-0.3, -0.25) is 4.68 Å². The smallest absolute Gasteiger partial charge is 0.319 e. The van der Waals surface area contributed by atoms with Crippen LogP contribution in [0.5, 0.6) is 11.5 Å². The zero-order chi connectivity index (χ0) is 17.8. The Balaban J connectivity index is 1.29. The van der Waals surface area contributed by atoms with Crippen LogP contribution in [0.15, 0.2) is 36.7 Å². The predicted molar refractivity (Wildman–Crippen MR) is 97.6 cm³/mol. The van der Waals surface area contributed by atoms with E-state index in [9.17, 15) is 4.79 Å². The molecule has 2 aliphatic rings. The van der Waals surface area contributed by atoms with Crippen LogP contribution in [0.1, 0.15) is 32.1 Å². The first-order valence-corrected chi connectivity index (χ1v) is 9.25. The van der Waals surface area contributed by atoms with Gasteiger partial charge >= 0.3 is 6.03 Å². The van der Waals surface area contributed by atoms with Crippen molar-refractivity contribution in [3.63, 3.8) is 0 Å². The highest BCUT2D eigenvalue weighted by atomic mass is 16.6. The molecule has 1 aromatic heterocycles. The van der Waals surface area contributed by atoms with Gasteiger partial charge < -0.3 is 20.1 Å². The monoisotopic (exact) mass is 356 g/mol. The van der Waals surface area contributed by atoms with E-state index in [1.165, 1.54) is 19.3 Å². The van der Waals surface area contributed by atoms with Crippen molar-refractivity contribution < 1.29 is 14.3 Å². The lowest BCUT2D eigenvalue weighted by Gasteiger charge is -2.26. The molecule has 0 saturated heterocycles. The molecule has 26 heavy (non-hydrogen) atoms. The second kappa shape index (κ2) is 7.68. The van der Waals surface area contributed by atoms with E-state index in [2.05, 4.69) is 15.7 Å². The molecule has 0 spiro atoms. The number of urea groups is 1. The molecule has 1 atom stereocenters. The summed E-state index contributed by atoms with van der Waals surface area (Å²) in [6.45, 7) is 1.03. The first kappa shape index (κ1) is 16.8. The van der Waals surface area contributed by atoms with Crippen LogP contribution in [0.4, 0.5) is 10.5 Å². The summed E-state index contributed by atoms with van der Waals surface area (Å²) in [6.07, 6.45) is 9.12. The standard InChI is InChI=1S/C19H24N4O3/c24-19(21-14-6-2-1-3-7-14)22-15-10-20-23(11-15)12-16-13-25-17-8-4-5-9-18(17)26-16/h4-5,8-11,14,16H,1-3,6-7,12-13H2,(H2,21,22,24). The maximum absolute atomic E-state index is 12.1. The molecule has 2 aromatic rings. The molecule has 2 N–H and O–H groups in total. The minimum atomic E-state index is -0.164. The highest BCUT2D eigenvalue weighted by Crippen LogP contribution is 2.31. The van der Waals surface area contributed by atoms with Gasteiger partial charge in [0, 0.05) is 12.2 Å². The third-order valence-electron chi connectivity index (χ3n) is 4.79. The van der Waals surface area contributed by atoms with E-state index in [1.54, 1.807) is 10.9 Å². The molecule has 7 heteroatoms. The van der Waals surface area contributed by atoms with Gasteiger partial charge in [0.05, 0.1) is 18.4 Å². The fourth-order valence-electron chi connectivity index (χ4n) is 3.49. The summed E-state index contributed by atoms with van der Waals surface area (Å²) in [6, 6.07) is 7.76. The van der Waals surface area contributed by atoms with Crippen molar-refractivity contribution in [2.45, 2.75) is 50.8 Å². The number of anilines is 1. The average molecular weight is 356 g/mol. The number of nitrogens with one attached hydrogen (secondary N) is 2. The van der Waals surface area contributed by atoms with Crippen LogP contribution in [-0.4, -0.2) is 34.6 Å². The van der Waals surface area contributed by atoms with E-state index in [0.717, 1.165) is 24.3 Å². The Bertz CT molecular complexity index is 755. The molecule has 1 unspecified atom stereocenters. The number of para-hydroxylation sites is 2. The van der Waals surface area contributed by atoms with E-state index in [-0.39, 0.29) is 18.2 Å². The molecular weight excluding hydrogens is 332 g/mol. The molecule has 4 rings (SSSR count). The summed E-state index contributed by atoms with van der Waals surface area (Å²) in [7, 11) is 0. The Morgan fingerprint density at radius 1 is 1.19 bits per heavy atom. The summed E-state index contributed by atoms with van der Waals surface area (Å²) in [5.74, 6) is 1.52. The van der Waals surface area contributed by atoms with Crippen LogP contribution in [0.25, 0.3) is 0 Å². The van der Waals surface area contributed by atoms with Crippen molar-refractivity contribution in [2.75, 3.05) is 11.9 Å². The maximum atomic E-state index is 12.1. The topological polar surface area (TPSA) is 77.4 Å². The van der Waals surface area contributed by atoms with Crippen molar-refractivity contribution in [3.05, 3.63) is 36.7 Å². The number of fused-ring (bicyclic) bond motifs is 1. The third kappa shape index (κ3) is 4.09. The summed E-state index contributed by atoms with van der Waals surface area (Å²) in [5.41, 5.74) is 0.676. The Hall–Kier alpha value is -2.70. The Kier molecular flexibility index (Phi) is 4.95. The number of carbonyl (C=O) groups excluding carboxylic acids is 1. The molecule has 0 radical (unpaired) electrons. The number of benzene rings is 1. The highest BCUT2D eigenvalue weighted by Gasteiger charge is 2.21. The average Bonchev–Trinajstić information content (AvgIpc) is 3.09. The zero-order valence-electron chi connectivity index (χ0n) is 14.7. The molecule has 1 fully saturated rings. The molecular formula is C19H24N4O3. The molecule has 1 aliphatic heterocycles. The minimum absolute atomic E-state index is 0.117. The Morgan fingerprint density at radius 3 is 2.85 bits per heavy atom. The van der Waals surface area contributed by atoms with E-state index in [4.69, 9.17) is 9.47 Å². The highest BCUT2D eigenvalue weighted by molar-refractivity contribution is 5.89. The summed E-state index contributed by atoms with van der Waals surface area (Å²) >= 11 is 0. The van der Waals surface area contributed by atoms with E-state index >= 15 is 0 Å². The van der Waals surface area contributed by atoms with Gasteiger partial charge in [-0.15, -0.1) is 0 Å². The third-order valence-corrected chi connectivity index (χ3v) is 4.79. The number of hydrogen-bond acceptors (Lipinski definition) is 4. The van der Waals surface area contributed by atoms with Crippen molar-refractivity contribution in [1.82, 2.24) is 15.1 Å². The van der Waals surface area contributed by atoms with Crippen molar-refractivity contribution >= 4 is 11.7 Å². The van der Waals surface area contributed by atoms with Crippen LogP contribution in [0.2, 0.25) is 0 Å². The number of amides is 2. The molecule has 0 bridgehead atoms. The van der Waals surface area contributed by atoms with Gasteiger partial charge in [-0.05, 0) is 25.0 Å². The molecule has 2 heterocycles. The normalized spacial score (nSPS) is 19.8. The molecule has 7 nitrogen and oxygen atoms in total. The van der Waals surface area contributed by atoms with Gasteiger partial charge in [-0.25, -0.2) is 4.79 Å². The number of hydrogen-bond donors (Lipinski definition) is 2. The number of rotatable bonds is 4. The molecule has 1 aromatic carbocycles. The Labute approximate surface area is 152 Å². The quantitative estimate of drug-likeness (QED) is 0.882. The fraction of sp³-hybridized carbons (Fsp3) is 0.474. The van der Waals surface area contributed by atoms with Gasteiger partial charge in [0.1, 0.15) is 6.61 Å². The van der Waals surface area contributed by atoms with Crippen LogP contribution in [-0.2, 0) is 6.54 Å². The first-order chi connectivity index (χ1) is 12.8. The van der Waals surface area contributed by atoms with Gasteiger partial charge in [-0.1, -0.05) is 31.4 Å². The van der Waals surface area contributed by atoms with E-state index < -0.39 is 0 Å². The SMILES string of the molecule is O=C(Nc1cnn(CC2COc3ccccc3O2)c1)NC1CCCCC1. The minimum Gasteiger partial charge on any atom is -0.486 e.